The summed E-state index contributed by atoms with van der Waals surface area (Å²) in [6, 6.07) is 10.1. The summed E-state index contributed by atoms with van der Waals surface area (Å²) >= 11 is 0. The molecule has 25 heavy (non-hydrogen) atoms. The van der Waals surface area contributed by atoms with Crippen molar-refractivity contribution in [3.8, 4) is 0 Å². The molecule has 1 N–H and O–H groups in total. The van der Waals surface area contributed by atoms with Crippen LogP contribution in [0.1, 0.15) is 45.1 Å². The molecule has 0 radical (unpaired) electrons. The molecule has 0 spiro atoms. The lowest BCUT2D eigenvalue weighted by Crippen LogP contribution is -2.50. The highest BCUT2D eigenvalue weighted by atomic mass is 32.2. The fraction of sp³-hybridized carbons (Fsp3) is 0.650. The van der Waals surface area contributed by atoms with Crippen molar-refractivity contribution in [2.45, 2.75) is 45.3 Å². The monoisotopic (exact) mass is 363 g/mol. The van der Waals surface area contributed by atoms with Crippen LogP contribution in [0.15, 0.2) is 35.3 Å². The van der Waals surface area contributed by atoms with Crippen molar-refractivity contribution in [2.24, 2.45) is 10.4 Å². The zero-order valence-electron chi connectivity index (χ0n) is 16.0. The predicted molar refractivity (Wildman–Crippen MR) is 108 cm³/mol. The maximum atomic E-state index is 12.3. The largest absolute Gasteiger partial charge is 0.355 e. The molecule has 1 aromatic carbocycles. The summed E-state index contributed by atoms with van der Waals surface area (Å²) in [4.78, 5) is 6.83. The zero-order valence-corrected chi connectivity index (χ0v) is 16.8. The molecule has 0 bridgehead atoms. The third-order valence-electron chi connectivity index (χ3n) is 4.93. The van der Waals surface area contributed by atoms with Crippen LogP contribution in [0, 0.1) is 5.41 Å². The maximum Gasteiger partial charge on any atom is 0.193 e. The summed E-state index contributed by atoms with van der Waals surface area (Å²) < 4.78 is 12.3. The van der Waals surface area contributed by atoms with Crippen LogP contribution in [0.4, 0.5) is 0 Å². The van der Waals surface area contributed by atoms with Crippen LogP contribution in [-0.2, 0) is 16.6 Å². The van der Waals surface area contributed by atoms with Crippen LogP contribution < -0.4 is 5.32 Å². The minimum Gasteiger partial charge on any atom is -0.355 e. The molecule has 0 saturated carbocycles. The molecule has 4 nitrogen and oxygen atoms in total. The molecule has 0 aliphatic carbocycles. The summed E-state index contributed by atoms with van der Waals surface area (Å²) in [6.45, 7) is 7.48. The Hall–Kier alpha value is -1.36. The number of likely N-dealkylation sites (tertiary alicyclic amines) is 1. The first-order valence-electron chi connectivity index (χ1n) is 9.41. The molecule has 5 heteroatoms. The minimum atomic E-state index is -0.849. The molecule has 1 aromatic rings. The molecule has 1 saturated heterocycles. The van der Waals surface area contributed by atoms with Crippen molar-refractivity contribution in [1.82, 2.24) is 10.2 Å². The Kier molecular flexibility index (Phi) is 7.94. The van der Waals surface area contributed by atoms with E-state index in [2.05, 4.69) is 29.1 Å². The molecule has 0 amide bonds. The lowest BCUT2D eigenvalue weighted by atomic mass is 9.78. The van der Waals surface area contributed by atoms with Crippen molar-refractivity contribution in [2.75, 3.05) is 32.4 Å². The lowest BCUT2D eigenvalue weighted by Gasteiger charge is -2.42. The van der Waals surface area contributed by atoms with E-state index in [9.17, 15) is 4.21 Å². The molecule has 2 unspecified atom stereocenters. The topological polar surface area (TPSA) is 44.7 Å². The van der Waals surface area contributed by atoms with E-state index in [0.717, 1.165) is 24.6 Å². The van der Waals surface area contributed by atoms with Gasteiger partial charge in [0.15, 0.2) is 5.96 Å². The molecule has 140 valence electrons. The molecule has 2 rings (SSSR count). The summed E-state index contributed by atoms with van der Waals surface area (Å²) in [5, 5.41) is 3.42. The number of hydrogen-bond acceptors (Lipinski definition) is 2. The van der Waals surface area contributed by atoms with Gasteiger partial charge < -0.3 is 10.2 Å². The number of piperidine rings is 1. The third kappa shape index (κ3) is 6.46. The van der Waals surface area contributed by atoms with Crippen molar-refractivity contribution in [3.63, 3.8) is 0 Å². The first-order valence-corrected chi connectivity index (χ1v) is 10.9. The molecule has 1 heterocycles. The van der Waals surface area contributed by atoms with Gasteiger partial charge in [0.05, 0.1) is 0 Å². The van der Waals surface area contributed by atoms with Crippen molar-refractivity contribution in [1.29, 1.82) is 0 Å². The second-order valence-electron chi connectivity index (χ2n) is 7.33. The fourth-order valence-corrected chi connectivity index (χ4v) is 4.78. The number of guanidine groups is 1. The molecule has 1 fully saturated rings. The van der Waals surface area contributed by atoms with Gasteiger partial charge in [-0.25, -0.2) is 0 Å². The predicted octanol–water partition coefficient (Wildman–Crippen LogP) is 3.41. The number of aliphatic imine (C=N–C) groups is 1. The lowest BCUT2D eigenvalue weighted by molar-refractivity contribution is 0.143. The van der Waals surface area contributed by atoms with Crippen molar-refractivity contribution >= 4 is 16.8 Å². The number of rotatable bonds is 7. The first kappa shape index (κ1) is 20.0. The second-order valence-corrected chi connectivity index (χ2v) is 8.91. The van der Waals surface area contributed by atoms with E-state index in [1.54, 1.807) is 0 Å². The van der Waals surface area contributed by atoms with Crippen LogP contribution in [0.2, 0.25) is 0 Å². The van der Waals surface area contributed by atoms with Gasteiger partial charge in [0.1, 0.15) is 0 Å². The number of benzene rings is 1. The summed E-state index contributed by atoms with van der Waals surface area (Å²) in [5.74, 6) is 2.23. The molecule has 1 aliphatic rings. The van der Waals surface area contributed by atoms with Gasteiger partial charge in [-0.05, 0) is 30.2 Å². The molecule has 1 aliphatic heterocycles. The van der Waals surface area contributed by atoms with Gasteiger partial charge in [0, 0.05) is 49.0 Å². The minimum absolute atomic E-state index is 0.390. The summed E-state index contributed by atoms with van der Waals surface area (Å²) in [7, 11) is 0.994. The first-order chi connectivity index (χ1) is 12.1. The normalized spacial score (nSPS) is 22.7. The number of nitrogens with zero attached hydrogens (tertiary/aromatic N) is 2. The van der Waals surface area contributed by atoms with Gasteiger partial charge in [-0.15, -0.1) is 0 Å². The fourth-order valence-electron chi connectivity index (χ4n) is 3.75. The van der Waals surface area contributed by atoms with E-state index in [1.165, 1.54) is 25.7 Å². The van der Waals surface area contributed by atoms with Crippen molar-refractivity contribution < 1.29 is 4.21 Å². The quantitative estimate of drug-likeness (QED) is 0.596. The highest BCUT2D eigenvalue weighted by molar-refractivity contribution is 7.84. The van der Waals surface area contributed by atoms with Gasteiger partial charge >= 0.3 is 0 Å². The number of nitrogens with one attached hydrogen (secondary N) is 1. The van der Waals surface area contributed by atoms with E-state index in [-0.39, 0.29) is 0 Å². The highest BCUT2D eigenvalue weighted by Gasteiger charge is 2.31. The van der Waals surface area contributed by atoms with Crippen LogP contribution in [-0.4, -0.2) is 47.5 Å². The van der Waals surface area contributed by atoms with Gasteiger partial charge in [-0.1, -0.05) is 50.6 Å². The van der Waals surface area contributed by atoms with E-state index >= 15 is 0 Å². The third-order valence-corrected chi connectivity index (χ3v) is 6.24. The van der Waals surface area contributed by atoms with Gasteiger partial charge in [-0.2, -0.15) is 0 Å². The average Bonchev–Trinajstić information content (AvgIpc) is 2.59. The van der Waals surface area contributed by atoms with Crippen LogP contribution in [0.25, 0.3) is 0 Å². The Morgan fingerprint density at radius 1 is 1.36 bits per heavy atom. The SMILES string of the molecule is CCCC1(C)CCCN(C(=NC)NCCS(=O)Cc2ccccc2)C1. The maximum absolute atomic E-state index is 12.3. The summed E-state index contributed by atoms with van der Waals surface area (Å²) in [6.07, 6.45) is 5.02. The Morgan fingerprint density at radius 3 is 2.80 bits per heavy atom. The van der Waals surface area contributed by atoms with Gasteiger partial charge in [-0.3, -0.25) is 9.20 Å². The second kappa shape index (κ2) is 9.95. The zero-order chi connectivity index (χ0) is 18.1. The Balaban J connectivity index is 1.79. The van der Waals surface area contributed by atoms with E-state index in [4.69, 9.17) is 0 Å². The molecular weight excluding hydrogens is 330 g/mol. The van der Waals surface area contributed by atoms with Gasteiger partial charge in [0.25, 0.3) is 0 Å². The van der Waals surface area contributed by atoms with E-state index in [0.29, 0.717) is 23.5 Å². The molecule has 0 aromatic heterocycles. The molecule has 2 atom stereocenters. The smallest absolute Gasteiger partial charge is 0.193 e. The number of hydrogen-bond donors (Lipinski definition) is 1. The van der Waals surface area contributed by atoms with E-state index in [1.807, 2.05) is 37.4 Å². The summed E-state index contributed by atoms with van der Waals surface area (Å²) in [5.41, 5.74) is 1.53. The van der Waals surface area contributed by atoms with E-state index < -0.39 is 10.8 Å². The van der Waals surface area contributed by atoms with Crippen molar-refractivity contribution in [3.05, 3.63) is 35.9 Å². The van der Waals surface area contributed by atoms with Crippen LogP contribution in [0.3, 0.4) is 0 Å². The Bertz CT molecular complexity index is 572. The van der Waals surface area contributed by atoms with Crippen LogP contribution >= 0.6 is 0 Å². The average molecular weight is 364 g/mol. The Labute approximate surface area is 155 Å². The Morgan fingerprint density at radius 2 is 2.12 bits per heavy atom. The van der Waals surface area contributed by atoms with Crippen LogP contribution in [0.5, 0.6) is 0 Å². The highest BCUT2D eigenvalue weighted by Crippen LogP contribution is 2.33. The standard InChI is InChI=1S/C20H33N3OS/c1-4-11-20(2)12-8-14-23(17-20)19(21-3)22-13-15-25(24)16-18-9-6-5-7-10-18/h5-7,9-10H,4,8,11-17H2,1-3H3,(H,21,22). The molecular formula is C20H33N3OS. The van der Waals surface area contributed by atoms with Gasteiger partial charge in [0.2, 0.25) is 0 Å².